The van der Waals surface area contributed by atoms with Crippen LogP contribution in [0.4, 0.5) is 4.39 Å². The van der Waals surface area contributed by atoms with Gasteiger partial charge in [-0.3, -0.25) is 4.79 Å². The smallest absolute Gasteiger partial charge is 0.258 e. The molecule has 4 rings (SSSR count). The van der Waals surface area contributed by atoms with Crippen LogP contribution in [0.1, 0.15) is 12.8 Å². The molecule has 6 nitrogen and oxygen atoms in total. The number of hydrogen-bond donors (Lipinski definition) is 1. The monoisotopic (exact) mass is 387 g/mol. The first kappa shape index (κ1) is 17.8. The molecule has 0 aliphatic carbocycles. The van der Waals surface area contributed by atoms with E-state index in [9.17, 15) is 9.18 Å². The van der Waals surface area contributed by atoms with Gasteiger partial charge >= 0.3 is 0 Å². The summed E-state index contributed by atoms with van der Waals surface area (Å²) in [4.78, 5) is 21.3. The average molecular weight is 387 g/mol. The van der Waals surface area contributed by atoms with E-state index < -0.39 is 0 Å². The van der Waals surface area contributed by atoms with Gasteiger partial charge in [0.05, 0.1) is 11.5 Å². The van der Waals surface area contributed by atoms with Gasteiger partial charge in [-0.05, 0) is 30.5 Å². The van der Waals surface area contributed by atoms with Crippen LogP contribution in [0.15, 0.2) is 36.0 Å². The van der Waals surface area contributed by atoms with Gasteiger partial charge in [0.1, 0.15) is 17.0 Å². The van der Waals surface area contributed by atoms with E-state index >= 15 is 0 Å². The zero-order valence-corrected chi connectivity index (χ0v) is 15.3. The number of carbonyl (C=O) groups is 1. The summed E-state index contributed by atoms with van der Waals surface area (Å²) in [6, 6.07) is 6.20. The maximum absolute atomic E-state index is 13.2. The standard InChI is InChI=1S/C19H18FN3O3S/c20-13-5-3-12(4-6-13)15-10-27-19-17(15)18(22-11-23-19)26-9-16(24)21-8-14-2-1-7-25-14/h3-6,10-11,14H,1-2,7-9H2,(H,21,24)/t14-/m1/s1. The first-order chi connectivity index (χ1) is 13.2. The fraction of sp³-hybridized carbons (Fsp3) is 0.316. The van der Waals surface area contributed by atoms with Crippen molar-refractivity contribution >= 4 is 27.5 Å². The summed E-state index contributed by atoms with van der Waals surface area (Å²) in [7, 11) is 0. The Balaban J connectivity index is 1.49. The fourth-order valence-corrected chi connectivity index (χ4v) is 3.92. The molecule has 2 aromatic heterocycles. The molecule has 1 aliphatic heterocycles. The maximum atomic E-state index is 13.2. The van der Waals surface area contributed by atoms with Crippen LogP contribution in [0, 0.1) is 5.82 Å². The summed E-state index contributed by atoms with van der Waals surface area (Å²) >= 11 is 1.45. The van der Waals surface area contributed by atoms with Crippen LogP contribution in [0.25, 0.3) is 21.3 Å². The second-order valence-corrected chi connectivity index (χ2v) is 7.10. The topological polar surface area (TPSA) is 73.3 Å². The van der Waals surface area contributed by atoms with Crippen LogP contribution >= 0.6 is 11.3 Å². The third kappa shape index (κ3) is 4.06. The fourth-order valence-electron chi connectivity index (χ4n) is 3.02. The number of fused-ring (bicyclic) bond motifs is 1. The highest BCUT2D eigenvalue weighted by atomic mass is 32.1. The van der Waals surface area contributed by atoms with E-state index in [1.807, 2.05) is 5.38 Å². The van der Waals surface area contributed by atoms with E-state index in [4.69, 9.17) is 9.47 Å². The number of aromatic nitrogens is 2. The lowest BCUT2D eigenvalue weighted by molar-refractivity contribution is -0.123. The van der Waals surface area contributed by atoms with Crippen molar-refractivity contribution in [1.29, 1.82) is 0 Å². The molecule has 3 aromatic rings. The number of halogens is 1. The number of nitrogens with zero attached hydrogens (tertiary/aromatic N) is 2. The number of thiophene rings is 1. The normalized spacial score (nSPS) is 16.6. The van der Waals surface area contributed by atoms with Crippen LogP contribution in [0.3, 0.4) is 0 Å². The summed E-state index contributed by atoms with van der Waals surface area (Å²) in [5, 5.41) is 5.47. The first-order valence-corrected chi connectivity index (χ1v) is 9.58. The van der Waals surface area contributed by atoms with Crippen molar-refractivity contribution in [3.8, 4) is 17.0 Å². The van der Waals surface area contributed by atoms with Crippen molar-refractivity contribution in [2.75, 3.05) is 19.8 Å². The molecular weight excluding hydrogens is 369 g/mol. The molecule has 1 saturated heterocycles. The quantitative estimate of drug-likeness (QED) is 0.703. The molecule has 27 heavy (non-hydrogen) atoms. The number of ether oxygens (including phenoxy) is 2. The van der Waals surface area contributed by atoms with Gasteiger partial charge < -0.3 is 14.8 Å². The molecule has 1 atom stereocenters. The molecule has 0 saturated carbocycles. The van der Waals surface area contributed by atoms with Crippen molar-refractivity contribution in [1.82, 2.24) is 15.3 Å². The largest absolute Gasteiger partial charge is 0.467 e. The molecule has 0 spiro atoms. The lowest BCUT2D eigenvalue weighted by Gasteiger charge is -2.11. The molecule has 0 bridgehead atoms. The van der Waals surface area contributed by atoms with Gasteiger partial charge in [-0.15, -0.1) is 11.3 Å². The van der Waals surface area contributed by atoms with E-state index in [1.165, 1.54) is 29.8 Å². The molecular formula is C19H18FN3O3S. The first-order valence-electron chi connectivity index (χ1n) is 8.70. The number of hydrogen-bond acceptors (Lipinski definition) is 6. The third-order valence-corrected chi connectivity index (χ3v) is 5.27. The van der Waals surface area contributed by atoms with Crippen molar-refractivity contribution in [2.45, 2.75) is 18.9 Å². The summed E-state index contributed by atoms with van der Waals surface area (Å²) < 4.78 is 24.4. The van der Waals surface area contributed by atoms with Gasteiger partial charge in [0.25, 0.3) is 5.91 Å². The Hall–Kier alpha value is -2.58. The van der Waals surface area contributed by atoms with E-state index in [2.05, 4.69) is 15.3 Å². The summed E-state index contributed by atoms with van der Waals surface area (Å²) in [6.45, 7) is 1.10. The van der Waals surface area contributed by atoms with Crippen molar-refractivity contribution in [3.63, 3.8) is 0 Å². The third-order valence-electron chi connectivity index (χ3n) is 4.38. The van der Waals surface area contributed by atoms with E-state index in [1.54, 1.807) is 12.1 Å². The molecule has 140 valence electrons. The van der Waals surface area contributed by atoms with Gasteiger partial charge in [0.2, 0.25) is 5.88 Å². The van der Waals surface area contributed by atoms with E-state index in [-0.39, 0.29) is 24.4 Å². The number of nitrogens with one attached hydrogen (secondary N) is 1. The van der Waals surface area contributed by atoms with E-state index in [0.29, 0.717) is 12.4 Å². The Kier molecular flexibility index (Phi) is 5.26. The molecule has 1 aliphatic rings. The average Bonchev–Trinajstić information content (AvgIpc) is 3.35. The molecule has 1 aromatic carbocycles. The Bertz CT molecular complexity index is 939. The Morgan fingerprint density at radius 2 is 2.19 bits per heavy atom. The lowest BCUT2D eigenvalue weighted by Crippen LogP contribution is -2.35. The number of amides is 1. The zero-order valence-electron chi connectivity index (χ0n) is 14.5. The molecule has 1 amide bonds. The Morgan fingerprint density at radius 1 is 1.33 bits per heavy atom. The summed E-state index contributed by atoms with van der Waals surface area (Å²) in [5.74, 6) is -0.183. The number of rotatable bonds is 6. The predicted octanol–water partition coefficient (Wildman–Crippen LogP) is 3.17. The van der Waals surface area contributed by atoms with Crippen LogP contribution in [0.2, 0.25) is 0 Å². The van der Waals surface area contributed by atoms with Crippen LogP contribution in [-0.4, -0.2) is 41.7 Å². The highest BCUT2D eigenvalue weighted by molar-refractivity contribution is 7.17. The second-order valence-electron chi connectivity index (χ2n) is 6.24. The lowest BCUT2D eigenvalue weighted by atomic mass is 10.1. The van der Waals surface area contributed by atoms with Crippen molar-refractivity contribution < 1.29 is 18.7 Å². The number of benzene rings is 1. The van der Waals surface area contributed by atoms with Crippen molar-refractivity contribution in [3.05, 3.63) is 41.8 Å². The summed E-state index contributed by atoms with van der Waals surface area (Å²) in [6.07, 6.45) is 3.48. The Morgan fingerprint density at radius 3 is 2.96 bits per heavy atom. The van der Waals surface area contributed by atoms with Crippen molar-refractivity contribution in [2.24, 2.45) is 0 Å². The Labute approximate surface area is 159 Å². The number of carbonyl (C=O) groups excluding carboxylic acids is 1. The van der Waals surface area contributed by atoms with Crippen LogP contribution in [0.5, 0.6) is 5.88 Å². The van der Waals surface area contributed by atoms with Gasteiger partial charge in [-0.1, -0.05) is 12.1 Å². The van der Waals surface area contributed by atoms with Gasteiger partial charge in [0, 0.05) is 24.1 Å². The minimum atomic E-state index is -0.297. The minimum Gasteiger partial charge on any atom is -0.467 e. The maximum Gasteiger partial charge on any atom is 0.258 e. The highest BCUT2D eigenvalue weighted by Gasteiger charge is 2.18. The zero-order chi connectivity index (χ0) is 18.6. The molecule has 8 heteroatoms. The van der Waals surface area contributed by atoms with E-state index in [0.717, 1.165) is 40.8 Å². The highest BCUT2D eigenvalue weighted by Crippen LogP contribution is 2.37. The molecule has 0 radical (unpaired) electrons. The summed E-state index contributed by atoms with van der Waals surface area (Å²) in [5.41, 5.74) is 1.69. The SMILES string of the molecule is O=C(COc1ncnc2scc(-c3ccc(F)cc3)c12)NC[C@H]1CCCO1. The predicted molar refractivity (Wildman–Crippen MR) is 100 cm³/mol. The minimum absolute atomic E-state index is 0.0849. The van der Waals surface area contributed by atoms with Crippen LogP contribution in [-0.2, 0) is 9.53 Å². The van der Waals surface area contributed by atoms with Gasteiger partial charge in [-0.2, -0.15) is 0 Å². The van der Waals surface area contributed by atoms with Crippen LogP contribution < -0.4 is 10.1 Å². The molecule has 0 unspecified atom stereocenters. The molecule has 1 fully saturated rings. The second kappa shape index (κ2) is 7.98. The van der Waals surface area contributed by atoms with Gasteiger partial charge in [-0.25, -0.2) is 14.4 Å². The molecule has 3 heterocycles. The van der Waals surface area contributed by atoms with Gasteiger partial charge in [0.15, 0.2) is 6.61 Å². The molecule has 1 N–H and O–H groups in total.